The number of rotatable bonds is 6. The Labute approximate surface area is 101 Å². The first kappa shape index (κ1) is 13.9. The molecule has 3 heteroatoms. The minimum absolute atomic E-state index is 0.487. The first-order valence-corrected chi connectivity index (χ1v) is 6.55. The molecule has 0 amide bonds. The molecule has 3 unspecified atom stereocenters. The van der Waals surface area contributed by atoms with Gasteiger partial charge >= 0.3 is 0 Å². The smallest absolute Gasteiger partial charge is 0.0586 e. The van der Waals surface area contributed by atoms with E-state index in [0.717, 1.165) is 18.5 Å². The maximum atomic E-state index is 5.49. The second-order valence-electron chi connectivity index (χ2n) is 5.28. The predicted molar refractivity (Wildman–Crippen MR) is 68.8 cm³/mol. The standard InChI is InChI=1S/C13H28N2O/c1-11(9-14-2)10-15(3)12-6-5-7-13(8-12)16-4/h11-14H,5-10H2,1-4H3. The fraction of sp³-hybridized carbons (Fsp3) is 1.00. The minimum Gasteiger partial charge on any atom is -0.381 e. The quantitative estimate of drug-likeness (QED) is 0.749. The van der Waals surface area contributed by atoms with E-state index in [0.29, 0.717) is 6.10 Å². The number of methoxy groups -OCH3 is 1. The molecule has 0 heterocycles. The van der Waals surface area contributed by atoms with Gasteiger partial charge in [-0.3, -0.25) is 0 Å². The number of hydrogen-bond acceptors (Lipinski definition) is 3. The number of hydrogen-bond donors (Lipinski definition) is 1. The molecule has 0 aromatic rings. The summed E-state index contributed by atoms with van der Waals surface area (Å²) in [6, 6.07) is 0.720. The summed E-state index contributed by atoms with van der Waals surface area (Å²) < 4.78 is 5.49. The molecule has 0 aromatic heterocycles. The molecule has 1 rings (SSSR count). The van der Waals surface area contributed by atoms with Crippen LogP contribution in [-0.4, -0.2) is 51.3 Å². The fourth-order valence-electron chi connectivity index (χ4n) is 2.79. The molecule has 3 atom stereocenters. The van der Waals surface area contributed by atoms with E-state index in [1.54, 1.807) is 0 Å². The van der Waals surface area contributed by atoms with Gasteiger partial charge in [0.1, 0.15) is 0 Å². The Kier molecular flexibility index (Phi) is 6.32. The molecule has 0 aromatic carbocycles. The number of nitrogens with zero attached hydrogens (tertiary/aromatic N) is 1. The van der Waals surface area contributed by atoms with Crippen molar-refractivity contribution in [2.24, 2.45) is 5.92 Å². The van der Waals surface area contributed by atoms with Crippen molar-refractivity contribution in [3.8, 4) is 0 Å². The topological polar surface area (TPSA) is 24.5 Å². The van der Waals surface area contributed by atoms with E-state index < -0.39 is 0 Å². The van der Waals surface area contributed by atoms with Crippen LogP contribution >= 0.6 is 0 Å². The van der Waals surface area contributed by atoms with Crippen LogP contribution in [0.5, 0.6) is 0 Å². The van der Waals surface area contributed by atoms with Gasteiger partial charge in [-0.25, -0.2) is 0 Å². The molecule has 1 N–H and O–H groups in total. The lowest BCUT2D eigenvalue weighted by Gasteiger charge is -2.36. The second kappa shape index (κ2) is 7.25. The van der Waals surface area contributed by atoms with Gasteiger partial charge in [-0.2, -0.15) is 0 Å². The minimum atomic E-state index is 0.487. The van der Waals surface area contributed by atoms with Crippen molar-refractivity contribution in [3.05, 3.63) is 0 Å². The zero-order valence-electron chi connectivity index (χ0n) is 11.3. The lowest BCUT2D eigenvalue weighted by Crippen LogP contribution is -2.41. The number of nitrogens with one attached hydrogen (secondary N) is 1. The summed E-state index contributed by atoms with van der Waals surface area (Å²) in [5.41, 5.74) is 0. The van der Waals surface area contributed by atoms with Crippen LogP contribution in [0.3, 0.4) is 0 Å². The first-order chi connectivity index (χ1) is 7.67. The zero-order chi connectivity index (χ0) is 12.0. The van der Waals surface area contributed by atoms with Gasteiger partial charge in [0.25, 0.3) is 0 Å². The maximum Gasteiger partial charge on any atom is 0.0586 e. The third-order valence-electron chi connectivity index (χ3n) is 3.71. The zero-order valence-corrected chi connectivity index (χ0v) is 11.3. The lowest BCUT2D eigenvalue weighted by atomic mass is 9.91. The van der Waals surface area contributed by atoms with Gasteiger partial charge < -0.3 is 15.0 Å². The highest BCUT2D eigenvalue weighted by atomic mass is 16.5. The molecular weight excluding hydrogens is 200 g/mol. The molecule has 96 valence electrons. The van der Waals surface area contributed by atoms with Crippen molar-refractivity contribution < 1.29 is 4.74 Å². The van der Waals surface area contributed by atoms with E-state index in [-0.39, 0.29) is 0 Å². The van der Waals surface area contributed by atoms with Crippen LogP contribution in [0.2, 0.25) is 0 Å². The van der Waals surface area contributed by atoms with Crippen molar-refractivity contribution in [1.29, 1.82) is 0 Å². The van der Waals surface area contributed by atoms with Crippen LogP contribution in [0.25, 0.3) is 0 Å². The van der Waals surface area contributed by atoms with E-state index in [2.05, 4.69) is 24.2 Å². The van der Waals surface area contributed by atoms with E-state index >= 15 is 0 Å². The van der Waals surface area contributed by atoms with E-state index in [1.807, 2.05) is 14.2 Å². The van der Waals surface area contributed by atoms with Crippen LogP contribution < -0.4 is 5.32 Å². The van der Waals surface area contributed by atoms with E-state index in [1.165, 1.54) is 32.2 Å². The third-order valence-corrected chi connectivity index (χ3v) is 3.71. The predicted octanol–water partition coefficient (Wildman–Crippen LogP) is 1.73. The molecule has 0 aliphatic heterocycles. The van der Waals surface area contributed by atoms with Crippen LogP contribution in [0.4, 0.5) is 0 Å². The van der Waals surface area contributed by atoms with Crippen molar-refractivity contribution in [2.75, 3.05) is 34.3 Å². The summed E-state index contributed by atoms with van der Waals surface area (Å²) in [5, 5.41) is 3.24. The highest BCUT2D eigenvalue weighted by molar-refractivity contribution is 4.80. The van der Waals surface area contributed by atoms with Gasteiger partial charge in [-0.05, 0) is 52.2 Å². The van der Waals surface area contributed by atoms with E-state index in [4.69, 9.17) is 4.74 Å². The molecule has 1 aliphatic rings. The first-order valence-electron chi connectivity index (χ1n) is 6.55. The summed E-state index contributed by atoms with van der Waals surface area (Å²) in [6.07, 6.45) is 5.59. The molecule has 0 bridgehead atoms. The average Bonchev–Trinajstić information content (AvgIpc) is 2.29. The van der Waals surface area contributed by atoms with Crippen molar-refractivity contribution >= 4 is 0 Å². The van der Waals surface area contributed by atoms with Gasteiger partial charge in [0.2, 0.25) is 0 Å². The Hall–Kier alpha value is -0.120. The van der Waals surface area contributed by atoms with Crippen molar-refractivity contribution in [3.63, 3.8) is 0 Å². The Morgan fingerprint density at radius 3 is 2.81 bits per heavy atom. The van der Waals surface area contributed by atoms with Crippen LogP contribution in [-0.2, 0) is 4.74 Å². The van der Waals surface area contributed by atoms with Gasteiger partial charge in [-0.15, -0.1) is 0 Å². The van der Waals surface area contributed by atoms with Crippen LogP contribution in [0.15, 0.2) is 0 Å². The monoisotopic (exact) mass is 228 g/mol. The summed E-state index contributed by atoms with van der Waals surface area (Å²) >= 11 is 0. The molecule has 0 saturated heterocycles. The molecule has 3 nitrogen and oxygen atoms in total. The fourth-order valence-corrected chi connectivity index (χ4v) is 2.79. The van der Waals surface area contributed by atoms with Gasteiger partial charge in [0.15, 0.2) is 0 Å². The number of ether oxygens (including phenoxy) is 1. The molecule has 0 spiro atoms. The van der Waals surface area contributed by atoms with Crippen molar-refractivity contribution in [2.45, 2.75) is 44.8 Å². The highest BCUT2D eigenvalue weighted by Gasteiger charge is 2.25. The van der Waals surface area contributed by atoms with Crippen LogP contribution in [0, 0.1) is 5.92 Å². The largest absolute Gasteiger partial charge is 0.381 e. The van der Waals surface area contributed by atoms with Crippen molar-refractivity contribution in [1.82, 2.24) is 10.2 Å². The summed E-state index contributed by atoms with van der Waals surface area (Å²) in [4.78, 5) is 2.52. The Morgan fingerprint density at radius 2 is 2.19 bits per heavy atom. The second-order valence-corrected chi connectivity index (χ2v) is 5.28. The Morgan fingerprint density at radius 1 is 1.44 bits per heavy atom. The Balaban J connectivity index is 2.32. The normalized spacial score (nSPS) is 28.3. The van der Waals surface area contributed by atoms with Gasteiger partial charge in [0, 0.05) is 19.7 Å². The van der Waals surface area contributed by atoms with Crippen LogP contribution in [0.1, 0.15) is 32.6 Å². The molecule has 1 aliphatic carbocycles. The van der Waals surface area contributed by atoms with Gasteiger partial charge in [-0.1, -0.05) is 6.92 Å². The average molecular weight is 228 g/mol. The molecule has 16 heavy (non-hydrogen) atoms. The maximum absolute atomic E-state index is 5.49. The SMILES string of the molecule is CNCC(C)CN(C)C1CCCC(OC)C1. The van der Waals surface area contributed by atoms with E-state index in [9.17, 15) is 0 Å². The molecule has 1 fully saturated rings. The molecule has 0 radical (unpaired) electrons. The summed E-state index contributed by atoms with van der Waals surface area (Å²) in [6.45, 7) is 4.59. The highest BCUT2D eigenvalue weighted by Crippen LogP contribution is 2.24. The van der Waals surface area contributed by atoms with Gasteiger partial charge in [0.05, 0.1) is 6.10 Å². The Bertz CT molecular complexity index is 187. The third kappa shape index (κ3) is 4.40. The molecule has 1 saturated carbocycles. The summed E-state index contributed by atoms with van der Waals surface area (Å²) in [7, 11) is 6.13. The summed E-state index contributed by atoms with van der Waals surface area (Å²) in [5.74, 6) is 0.720. The lowest BCUT2D eigenvalue weighted by molar-refractivity contribution is 0.0317. The molecular formula is C13H28N2O.